The molecule has 1 N–H and O–H groups in total. The molecule has 1 unspecified atom stereocenters. The number of hydrogen-bond donors (Lipinski definition) is 1. The zero-order valence-corrected chi connectivity index (χ0v) is 15.6. The van der Waals surface area contributed by atoms with Gasteiger partial charge >= 0.3 is 11.9 Å². The van der Waals surface area contributed by atoms with E-state index in [2.05, 4.69) is 0 Å². The molecule has 0 bridgehead atoms. The highest BCUT2D eigenvalue weighted by Crippen LogP contribution is 2.54. The van der Waals surface area contributed by atoms with Crippen LogP contribution < -0.4 is 0 Å². The van der Waals surface area contributed by atoms with Crippen molar-refractivity contribution in [2.24, 2.45) is 23.2 Å². The summed E-state index contributed by atoms with van der Waals surface area (Å²) in [7, 11) is 0. The number of esters is 1. The second-order valence-corrected chi connectivity index (χ2v) is 8.12. The van der Waals surface area contributed by atoms with Crippen LogP contribution in [0.2, 0.25) is 0 Å². The van der Waals surface area contributed by atoms with Gasteiger partial charge in [0.15, 0.2) is 0 Å². The molecule has 1 atom stereocenters. The second-order valence-electron chi connectivity index (χ2n) is 8.12. The summed E-state index contributed by atoms with van der Waals surface area (Å²) < 4.78 is 5.69. The summed E-state index contributed by atoms with van der Waals surface area (Å²) >= 11 is 0. The predicted octanol–water partition coefficient (Wildman–Crippen LogP) is 4.81. The van der Waals surface area contributed by atoms with Crippen LogP contribution in [0.15, 0.2) is 0 Å². The lowest BCUT2D eigenvalue weighted by atomic mass is 9.53. The average molecular weight is 338 g/mol. The summed E-state index contributed by atoms with van der Waals surface area (Å²) in [6.07, 6.45) is 10.4. The maximum Gasteiger partial charge on any atom is 0.313 e. The Morgan fingerprint density at radius 3 is 1.62 bits per heavy atom. The van der Waals surface area contributed by atoms with E-state index in [4.69, 9.17) is 4.74 Å². The third kappa shape index (κ3) is 3.78. The fourth-order valence-electron chi connectivity index (χ4n) is 5.23. The minimum absolute atomic E-state index is 0.145. The van der Waals surface area contributed by atoms with Gasteiger partial charge in [0, 0.05) is 0 Å². The van der Waals surface area contributed by atoms with Crippen LogP contribution >= 0.6 is 0 Å². The van der Waals surface area contributed by atoms with E-state index in [-0.39, 0.29) is 23.9 Å². The zero-order valence-electron chi connectivity index (χ0n) is 15.6. The number of carbonyl (C=O) groups is 2. The smallest absolute Gasteiger partial charge is 0.313 e. The Bertz CT molecular complexity index is 413. The van der Waals surface area contributed by atoms with Gasteiger partial charge < -0.3 is 9.84 Å². The first-order chi connectivity index (χ1) is 11.4. The summed E-state index contributed by atoms with van der Waals surface area (Å²) in [5, 5.41) is 9.85. The molecule has 2 fully saturated rings. The molecule has 0 amide bonds. The van der Waals surface area contributed by atoms with E-state index in [1.807, 2.05) is 13.8 Å². The van der Waals surface area contributed by atoms with Gasteiger partial charge in [-0.25, -0.2) is 0 Å². The molecule has 2 aliphatic rings. The number of ether oxygens (including phenoxy) is 1. The van der Waals surface area contributed by atoms with E-state index < -0.39 is 17.3 Å². The van der Waals surface area contributed by atoms with Crippen molar-refractivity contribution in [3.8, 4) is 0 Å². The van der Waals surface area contributed by atoms with E-state index in [0.717, 1.165) is 51.4 Å². The van der Waals surface area contributed by atoms with Crippen LogP contribution in [0.3, 0.4) is 0 Å². The van der Waals surface area contributed by atoms with E-state index in [0.29, 0.717) is 0 Å². The Labute approximate surface area is 146 Å². The molecule has 0 aromatic rings. The number of carboxylic acids is 1. The molecule has 0 spiro atoms. The van der Waals surface area contributed by atoms with Crippen molar-refractivity contribution in [3.05, 3.63) is 0 Å². The van der Waals surface area contributed by atoms with Gasteiger partial charge in [-0.05, 0) is 51.4 Å². The maximum atomic E-state index is 13.3. The van der Waals surface area contributed by atoms with Crippen molar-refractivity contribution in [3.63, 3.8) is 0 Å². The minimum atomic E-state index is -0.855. The van der Waals surface area contributed by atoms with Gasteiger partial charge in [0.25, 0.3) is 0 Å². The summed E-state index contributed by atoms with van der Waals surface area (Å²) in [5.74, 6) is -1.49. The molecule has 0 aromatic heterocycles. The highest BCUT2D eigenvalue weighted by atomic mass is 16.5. The molecule has 24 heavy (non-hydrogen) atoms. The van der Waals surface area contributed by atoms with Crippen LogP contribution in [0.1, 0.15) is 85.0 Å². The summed E-state index contributed by atoms with van der Waals surface area (Å²) in [6.45, 7) is 5.46. The molecule has 0 aromatic carbocycles. The van der Waals surface area contributed by atoms with Crippen molar-refractivity contribution < 1.29 is 19.4 Å². The second kappa shape index (κ2) is 8.35. The first-order valence-corrected chi connectivity index (χ1v) is 9.84. The van der Waals surface area contributed by atoms with Crippen LogP contribution in [-0.4, -0.2) is 23.1 Å². The highest BCUT2D eigenvalue weighted by Gasteiger charge is 2.58. The lowest BCUT2D eigenvalue weighted by Gasteiger charge is -2.49. The van der Waals surface area contributed by atoms with Crippen LogP contribution in [0.4, 0.5) is 0 Å². The fraction of sp³-hybridized carbons (Fsp3) is 0.900. The van der Waals surface area contributed by atoms with Crippen molar-refractivity contribution >= 4 is 11.9 Å². The molecular formula is C20H34O4. The Morgan fingerprint density at radius 1 is 0.875 bits per heavy atom. The fourth-order valence-corrected chi connectivity index (χ4v) is 5.23. The number of hydrogen-bond acceptors (Lipinski definition) is 3. The monoisotopic (exact) mass is 338 g/mol. The average Bonchev–Trinajstić information content (AvgIpc) is 2.56. The Balaban J connectivity index is 2.47. The Morgan fingerprint density at radius 2 is 1.29 bits per heavy atom. The lowest BCUT2D eigenvalue weighted by molar-refractivity contribution is -0.184. The zero-order chi connectivity index (χ0) is 17.7. The van der Waals surface area contributed by atoms with E-state index in [1.165, 1.54) is 12.8 Å². The topological polar surface area (TPSA) is 63.6 Å². The van der Waals surface area contributed by atoms with Gasteiger partial charge in [-0.2, -0.15) is 0 Å². The third-order valence-electron chi connectivity index (χ3n) is 6.34. The highest BCUT2D eigenvalue weighted by molar-refractivity contribution is 5.85. The largest absolute Gasteiger partial charge is 0.481 e. The summed E-state index contributed by atoms with van der Waals surface area (Å²) in [5.41, 5.74) is -0.850. The molecule has 138 valence electrons. The van der Waals surface area contributed by atoms with Gasteiger partial charge in [0.2, 0.25) is 0 Å². The molecule has 0 aliphatic heterocycles. The van der Waals surface area contributed by atoms with Gasteiger partial charge in [0.05, 0.1) is 17.4 Å². The molecule has 4 nitrogen and oxygen atoms in total. The van der Waals surface area contributed by atoms with Crippen LogP contribution in [0.25, 0.3) is 0 Å². The number of aliphatic carboxylic acids is 1. The first-order valence-electron chi connectivity index (χ1n) is 9.84. The van der Waals surface area contributed by atoms with Crippen molar-refractivity contribution in [1.82, 2.24) is 0 Å². The standard InChI is InChI=1S/C20H34O4/c1-14(2)24-19(23)20(15(3)18(21)22,16-10-6-4-7-11-16)17-12-8-5-9-13-17/h14-17H,4-13H2,1-3H3,(H,21,22). The lowest BCUT2D eigenvalue weighted by Crippen LogP contribution is -2.54. The molecule has 0 heterocycles. The molecule has 0 saturated heterocycles. The molecule has 2 rings (SSSR count). The van der Waals surface area contributed by atoms with Gasteiger partial charge in [0.1, 0.15) is 0 Å². The quantitative estimate of drug-likeness (QED) is 0.706. The number of carbonyl (C=O) groups excluding carboxylic acids is 1. The van der Waals surface area contributed by atoms with Gasteiger partial charge in [-0.15, -0.1) is 0 Å². The maximum absolute atomic E-state index is 13.3. The molecule has 0 radical (unpaired) electrons. The van der Waals surface area contributed by atoms with Crippen LogP contribution in [0, 0.1) is 23.2 Å². The summed E-state index contributed by atoms with van der Waals surface area (Å²) in [6, 6.07) is 0. The third-order valence-corrected chi connectivity index (χ3v) is 6.34. The number of carboxylic acid groups (broad SMARTS) is 1. The molecule has 2 aliphatic carbocycles. The minimum Gasteiger partial charge on any atom is -0.481 e. The van der Waals surface area contributed by atoms with Crippen LogP contribution in [-0.2, 0) is 14.3 Å². The summed E-state index contributed by atoms with van der Waals surface area (Å²) in [4.78, 5) is 25.3. The van der Waals surface area contributed by atoms with E-state index in [1.54, 1.807) is 6.92 Å². The predicted molar refractivity (Wildman–Crippen MR) is 93.6 cm³/mol. The molecule has 2 saturated carbocycles. The number of rotatable bonds is 6. The van der Waals surface area contributed by atoms with Crippen molar-refractivity contribution in [2.75, 3.05) is 0 Å². The van der Waals surface area contributed by atoms with Crippen molar-refractivity contribution in [1.29, 1.82) is 0 Å². The Hall–Kier alpha value is -1.06. The van der Waals surface area contributed by atoms with Gasteiger partial charge in [-0.1, -0.05) is 45.4 Å². The molecule has 4 heteroatoms. The first kappa shape index (κ1) is 19.3. The SMILES string of the molecule is CC(C)OC(=O)C(C1CCCCC1)(C1CCCCC1)C(C)C(=O)O. The van der Waals surface area contributed by atoms with Gasteiger partial charge in [-0.3, -0.25) is 9.59 Å². The van der Waals surface area contributed by atoms with E-state index in [9.17, 15) is 14.7 Å². The van der Waals surface area contributed by atoms with Crippen molar-refractivity contribution in [2.45, 2.75) is 91.1 Å². The Kier molecular flexibility index (Phi) is 6.70. The molecular weight excluding hydrogens is 304 g/mol. The normalized spacial score (nSPS) is 22.3. The van der Waals surface area contributed by atoms with Crippen LogP contribution in [0.5, 0.6) is 0 Å². The van der Waals surface area contributed by atoms with E-state index >= 15 is 0 Å².